The van der Waals surface area contributed by atoms with Crippen LogP contribution in [0, 0.1) is 11.3 Å². The molecule has 3 aromatic rings. The van der Waals surface area contributed by atoms with E-state index in [0.29, 0.717) is 42.7 Å². The molecule has 53 heavy (non-hydrogen) atoms. The molecule has 0 aliphatic carbocycles. The third-order valence-electron chi connectivity index (χ3n) is 10.8. The van der Waals surface area contributed by atoms with E-state index in [9.17, 15) is 19.4 Å². The topological polar surface area (TPSA) is 105 Å². The van der Waals surface area contributed by atoms with E-state index in [1.807, 2.05) is 103 Å². The van der Waals surface area contributed by atoms with Gasteiger partial charge in [-0.15, -0.1) is 10.3 Å². The first-order chi connectivity index (χ1) is 25.1. The van der Waals surface area contributed by atoms with Crippen molar-refractivity contribution in [2.24, 2.45) is 11.3 Å². The zero-order valence-electron chi connectivity index (χ0n) is 32.8. The minimum Gasteiger partial charge on any atom is -0.463 e. The lowest BCUT2D eigenvalue weighted by Gasteiger charge is -2.50. The molecule has 1 N–H and O–H groups in total. The summed E-state index contributed by atoms with van der Waals surface area (Å²) < 4.78 is 26.0. The van der Waals surface area contributed by atoms with E-state index in [2.05, 4.69) is 29.6 Å². The summed E-state index contributed by atoms with van der Waals surface area (Å²) >= 11 is 0. The van der Waals surface area contributed by atoms with Gasteiger partial charge in [-0.2, -0.15) is 0 Å². The summed E-state index contributed by atoms with van der Waals surface area (Å²) in [4.78, 5) is 26.8. The van der Waals surface area contributed by atoms with E-state index in [1.165, 1.54) is 5.06 Å². The molecule has 4 rings (SSSR count). The smallest absolute Gasteiger partial charge is 0.311 e. The number of nitrogens with zero attached hydrogens (tertiary/aromatic N) is 1. The number of nitrogens with one attached hydrogen (secondary N) is 1. The van der Waals surface area contributed by atoms with E-state index in [4.69, 9.17) is 9.26 Å². The molecule has 287 valence electrons. The first-order valence-corrected chi connectivity index (χ1v) is 20.7. The number of hydroxylamine groups is 2. The lowest BCUT2D eigenvalue weighted by atomic mass is 9.75. The van der Waals surface area contributed by atoms with Crippen LogP contribution in [0.1, 0.15) is 105 Å². The van der Waals surface area contributed by atoms with E-state index in [0.717, 1.165) is 18.4 Å². The van der Waals surface area contributed by atoms with Gasteiger partial charge in [0.15, 0.2) is 0 Å². The fourth-order valence-electron chi connectivity index (χ4n) is 7.56. The lowest BCUT2D eigenvalue weighted by Crippen LogP contribution is -2.62. The molecule has 1 radical (unpaired) electrons. The Morgan fingerprint density at radius 3 is 1.94 bits per heavy atom. The van der Waals surface area contributed by atoms with Crippen LogP contribution in [0.25, 0.3) is 0 Å². The maximum atomic E-state index is 14.2. The molecule has 9 heteroatoms. The average molecular weight is 744 g/mol. The molecule has 0 saturated carbocycles. The largest absolute Gasteiger partial charge is 0.463 e. The van der Waals surface area contributed by atoms with Crippen molar-refractivity contribution in [3.63, 3.8) is 0 Å². The van der Waals surface area contributed by atoms with Crippen LogP contribution in [0.2, 0.25) is 0 Å². The minimum absolute atomic E-state index is 0.00324. The summed E-state index contributed by atoms with van der Waals surface area (Å²) in [5.41, 5.74) is -0.648. The van der Waals surface area contributed by atoms with Crippen LogP contribution in [-0.4, -0.2) is 47.3 Å². The van der Waals surface area contributed by atoms with Gasteiger partial charge in [-0.3, -0.25) is 14.2 Å². The number of allylic oxidation sites excluding steroid dienone is 2. The van der Waals surface area contributed by atoms with Crippen LogP contribution in [0.4, 0.5) is 0 Å². The van der Waals surface area contributed by atoms with Crippen molar-refractivity contribution >= 4 is 29.9 Å². The van der Waals surface area contributed by atoms with Crippen LogP contribution in [0.5, 0.6) is 0 Å². The number of esters is 1. The van der Waals surface area contributed by atoms with Crippen LogP contribution in [0.15, 0.2) is 103 Å². The fraction of sp³-hybridized carbons (Fsp3) is 0.500. The normalized spacial score (nSPS) is 18.6. The molecule has 0 aromatic heterocycles. The van der Waals surface area contributed by atoms with Crippen molar-refractivity contribution in [3.05, 3.63) is 109 Å². The Hall–Kier alpha value is -3.55. The van der Waals surface area contributed by atoms with Gasteiger partial charge in [0.05, 0.1) is 12.0 Å². The van der Waals surface area contributed by atoms with E-state index < -0.39 is 23.9 Å². The molecule has 1 heterocycles. The quantitative estimate of drug-likeness (QED) is 0.0604. The molecule has 1 fully saturated rings. The third kappa shape index (κ3) is 11.2. The molecular formula is C44H60N2O6P. The molecular weight excluding hydrogens is 683 g/mol. The van der Waals surface area contributed by atoms with Gasteiger partial charge < -0.3 is 14.6 Å². The minimum atomic E-state index is -3.38. The summed E-state index contributed by atoms with van der Waals surface area (Å²) in [7, 11) is -3.38. The van der Waals surface area contributed by atoms with Gasteiger partial charge in [-0.1, -0.05) is 92.7 Å². The fourth-order valence-corrected chi connectivity index (χ4v) is 9.62. The Morgan fingerprint density at radius 2 is 1.42 bits per heavy atom. The summed E-state index contributed by atoms with van der Waals surface area (Å²) in [6.07, 6.45) is 8.97. The van der Waals surface area contributed by atoms with Crippen molar-refractivity contribution < 1.29 is 28.6 Å². The maximum Gasteiger partial charge on any atom is 0.311 e. The number of hydrogen-bond donors (Lipinski definition) is 1. The molecule has 1 amide bonds. The number of rotatable bonds is 18. The summed E-state index contributed by atoms with van der Waals surface area (Å²) in [5.74, 6) is -0.341. The highest BCUT2D eigenvalue weighted by Crippen LogP contribution is 2.44. The second-order valence-corrected chi connectivity index (χ2v) is 18.5. The van der Waals surface area contributed by atoms with Crippen molar-refractivity contribution in [1.29, 1.82) is 0 Å². The molecule has 0 bridgehead atoms. The molecule has 1 aliphatic heterocycles. The van der Waals surface area contributed by atoms with Crippen molar-refractivity contribution in [2.75, 3.05) is 13.2 Å². The first-order valence-electron chi connectivity index (χ1n) is 19.1. The molecule has 1 aliphatic rings. The van der Waals surface area contributed by atoms with Gasteiger partial charge in [-0.05, 0) is 115 Å². The maximum absolute atomic E-state index is 14.2. The van der Waals surface area contributed by atoms with Gasteiger partial charge in [0.1, 0.15) is 6.61 Å². The summed E-state index contributed by atoms with van der Waals surface area (Å²) in [6, 6.07) is 28.5. The second-order valence-electron chi connectivity index (χ2n) is 16.1. The highest BCUT2D eigenvalue weighted by Gasteiger charge is 2.46. The monoisotopic (exact) mass is 743 g/mol. The number of amides is 1. The molecule has 1 saturated heterocycles. The highest BCUT2D eigenvalue weighted by atomic mass is 31.2. The van der Waals surface area contributed by atoms with Gasteiger partial charge >= 0.3 is 5.97 Å². The van der Waals surface area contributed by atoms with E-state index in [-0.39, 0.29) is 43.0 Å². The Morgan fingerprint density at radius 1 is 0.887 bits per heavy atom. The SMILES string of the molecule is CCC(C)(CC(C/C=C/CCC(C)C(=O)NC1CC(C)(C)N([O])C(C)(C)C1)c1ccccc1)C(=O)OCCOP(=O)(c1ccccc1)c1ccccc1. The summed E-state index contributed by atoms with van der Waals surface area (Å²) in [5, 5.41) is 18.3. The number of hydrogen-bond acceptors (Lipinski definition) is 6. The lowest BCUT2D eigenvalue weighted by molar-refractivity contribution is -0.290. The molecule has 3 atom stereocenters. The highest BCUT2D eigenvalue weighted by molar-refractivity contribution is 7.74. The van der Waals surface area contributed by atoms with Gasteiger partial charge in [0.25, 0.3) is 7.37 Å². The van der Waals surface area contributed by atoms with Crippen LogP contribution < -0.4 is 15.9 Å². The zero-order chi connectivity index (χ0) is 38.7. The standard InChI is InChI=1S/C44H60N2O6P/c1-8-44(7,41(48)51-29-30-52-53(50,38-25-17-11-18-26-38)39-27-19-12-20-28-39)31-36(35-22-14-10-15-23-35)24-16-9-13-21-34(2)40(47)45-37-32-42(3,4)46(49)43(5,6)33-37/h9-12,14-20,22-23,25-28,34,36-37H,8,13,21,24,29-33H2,1-7H3,(H,45,47)/b16-9+. The van der Waals surface area contributed by atoms with Gasteiger partial charge in [0.2, 0.25) is 5.91 Å². The predicted molar refractivity (Wildman–Crippen MR) is 213 cm³/mol. The molecule has 3 aromatic carbocycles. The van der Waals surface area contributed by atoms with Crippen molar-refractivity contribution in [3.8, 4) is 0 Å². The van der Waals surface area contributed by atoms with Gasteiger partial charge in [-0.25, -0.2) is 0 Å². The van der Waals surface area contributed by atoms with Crippen LogP contribution >= 0.6 is 7.37 Å². The number of ether oxygens (including phenoxy) is 1. The molecule has 8 nitrogen and oxygen atoms in total. The number of carbonyl (C=O) groups excluding carboxylic acids is 2. The predicted octanol–water partition coefficient (Wildman–Crippen LogP) is 8.91. The summed E-state index contributed by atoms with van der Waals surface area (Å²) in [6.45, 7) is 13.7. The van der Waals surface area contributed by atoms with E-state index in [1.54, 1.807) is 24.3 Å². The van der Waals surface area contributed by atoms with Crippen LogP contribution in [0.3, 0.4) is 0 Å². The second kappa shape index (κ2) is 18.7. The van der Waals surface area contributed by atoms with Crippen molar-refractivity contribution in [1.82, 2.24) is 10.4 Å². The Kier molecular flexibility index (Phi) is 14.9. The Balaban J connectivity index is 1.31. The van der Waals surface area contributed by atoms with Crippen LogP contribution in [-0.2, 0) is 28.6 Å². The Labute approximate surface area is 317 Å². The van der Waals surface area contributed by atoms with Gasteiger partial charge in [0, 0.05) is 33.6 Å². The molecule has 0 spiro atoms. The molecule has 3 unspecified atom stereocenters. The first kappa shape index (κ1) is 42.2. The zero-order valence-corrected chi connectivity index (χ0v) is 33.6. The van der Waals surface area contributed by atoms with Crippen molar-refractivity contribution in [2.45, 2.75) is 116 Å². The third-order valence-corrected chi connectivity index (χ3v) is 13.3. The number of benzene rings is 3. The Bertz CT molecular complexity index is 1620. The number of piperidine rings is 1. The number of carbonyl (C=O) groups is 2. The van der Waals surface area contributed by atoms with E-state index >= 15 is 0 Å². The average Bonchev–Trinajstić information content (AvgIpc) is 3.15.